The summed E-state index contributed by atoms with van der Waals surface area (Å²) in [5.41, 5.74) is -0.230. The van der Waals surface area contributed by atoms with E-state index < -0.39 is 27.2 Å². The third kappa shape index (κ3) is 5.44. The van der Waals surface area contributed by atoms with Crippen LogP contribution in [0.4, 0.5) is 4.39 Å². The lowest BCUT2D eigenvalue weighted by molar-refractivity contribution is 0.0753. The number of ketones is 1. The lowest BCUT2D eigenvalue weighted by Gasteiger charge is -2.32. The molecule has 0 aromatic heterocycles. The number of ether oxygens (including phenoxy) is 1. The molecule has 1 aromatic rings. The first-order valence-corrected chi connectivity index (χ1v) is 11.8. The second kappa shape index (κ2) is 8.48. The van der Waals surface area contributed by atoms with E-state index in [4.69, 9.17) is 16.3 Å². The highest BCUT2D eigenvalue weighted by Crippen LogP contribution is 2.55. The zero-order chi connectivity index (χ0) is 20.4. The van der Waals surface area contributed by atoms with E-state index in [0.717, 1.165) is 37.7 Å². The van der Waals surface area contributed by atoms with Crippen molar-refractivity contribution >= 4 is 27.2 Å². The number of carbonyl (C=O) groups excluding carboxylic acids is 1. The number of hydrogen-bond acceptors (Lipinski definition) is 4. The fraction of sp³-hybridized carbons (Fsp3) is 0.650. The van der Waals surface area contributed by atoms with Crippen molar-refractivity contribution in [2.75, 3.05) is 12.0 Å². The standard InChI is InChI=1S/C17H20ClFO4S.C3H8/c1-17-4-3-10(8-17)5-16(17)23-15-7-13(19)11(6-12(15)18)14(20)9-24(2,21)22;1-3-2/h6-7,10,16H,3-5,8-9H2,1-2H3;3H2,1-2H3/t10-,16+,17-;/m1./s1. The number of sulfone groups is 1. The van der Waals surface area contributed by atoms with Gasteiger partial charge in [0.2, 0.25) is 0 Å². The van der Waals surface area contributed by atoms with Crippen LogP contribution in [0, 0.1) is 17.2 Å². The van der Waals surface area contributed by atoms with E-state index in [1.165, 1.54) is 12.8 Å². The SMILES string of the molecule is CCC.C[C@]12CC[C@H](C[C@@H]1Oc1cc(F)c(C(=O)CS(C)(=O)=O)cc1Cl)C2. The van der Waals surface area contributed by atoms with E-state index >= 15 is 0 Å². The van der Waals surface area contributed by atoms with E-state index in [1.807, 2.05) is 0 Å². The highest BCUT2D eigenvalue weighted by atomic mass is 35.5. The van der Waals surface area contributed by atoms with Gasteiger partial charge in [0.05, 0.1) is 10.6 Å². The topological polar surface area (TPSA) is 60.4 Å². The van der Waals surface area contributed by atoms with Gasteiger partial charge in [0.1, 0.15) is 23.4 Å². The summed E-state index contributed by atoms with van der Waals surface area (Å²) >= 11 is 6.15. The van der Waals surface area contributed by atoms with Crippen LogP contribution >= 0.6 is 11.6 Å². The smallest absolute Gasteiger partial charge is 0.180 e. The number of Topliss-reactive ketones (excluding diaryl/α,β-unsaturated/α-hetero) is 1. The molecule has 2 saturated carbocycles. The number of benzene rings is 1. The summed E-state index contributed by atoms with van der Waals surface area (Å²) in [6, 6.07) is 2.25. The second-order valence-electron chi connectivity index (χ2n) is 8.07. The normalized spacial score (nSPS) is 26.4. The molecular weight excluding hydrogens is 391 g/mol. The molecule has 7 heteroatoms. The zero-order valence-corrected chi connectivity index (χ0v) is 17.9. The maximum Gasteiger partial charge on any atom is 0.180 e. The molecule has 0 saturated heterocycles. The van der Waals surface area contributed by atoms with Crippen molar-refractivity contribution in [3.8, 4) is 5.75 Å². The number of hydrogen-bond donors (Lipinski definition) is 0. The van der Waals surface area contributed by atoms with Gasteiger partial charge in [-0.1, -0.05) is 38.8 Å². The fourth-order valence-electron chi connectivity index (χ4n) is 3.97. The summed E-state index contributed by atoms with van der Waals surface area (Å²) in [6.45, 7) is 6.43. The summed E-state index contributed by atoms with van der Waals surface area (Å²) in [5, 5.41) is 0.125. The molecule has 27 heavy (non-hydrogen) atoms. The third-order valence-corrected chi connectivity index (χ3v) is 6.27. The quantitative estimate of drug-likeness (QED) is 0.625. The molecule has 3 rings (SSSR count). The molecule has 0 heterocycles. The minimum absolute atomic E-state index is 0.00859. The minimum Gasteiger partial charge on any atom is -0.488 e. The first kappa shape index (κ1) is 22.2. The Kier molecular flexibility index (Phi) is 6.96. The molecule has 2 bridgehead atoms. The van der Waals surface area contributed by atoms with Gasteiger partial charge in [0.25, 0.3) is 0 Å². The van der Waals surface area contributed by atoms with Gasteiger partial charge in [0, 0.05) is 17.7 Å². The van der Waals surface area contributed by atoms with Crippen molar-refractivity contribution in [3.63, 3.8) is 0 Å². The number of rotatable bonds is 5. The summed E-state index contributed by atoms with van der Waals surface area (Å²) in [7, 11) is -3.53. The molecule has 2 aliphatic rings. The Balaban J connectivity index is 0.000000817. The fourth-order valence-corrected chi connectivity index (χ4v) is 4.81. The van der Waals surface area contributed by atoms with Crippen LogP contribution in [0.2, 0.25) is 5.02 Å². The molecule has 0 amide bonds. The Hall–Kier alpha value is -1.14. The average Bonchev–Trinajstić information content (AvgIpc) is 3.05. The van der Waals surface area contributed by atoms with Gasteiger partial charge in [-0.25, -0.2) is 12.8 Å². The maximum absolute atomic E-state index is 14.3. The first-order chi connectivity index (χ1) is 12.5. The van der Waals surface area contributed by atoms with Crippen molar-refractivity contribution in [2.24, 2.45) is 11.3 Å². The summed E-state index contributed by atoms with van der Waals surface area (Å²) in [5.74, 6) is -1.50. The highest BCUT2D eigenvalue weighted by molar-refractivity contribution is 7.91. The molecule has 0 unspecified atom stereocenters. The lowest BCUT2D eigenvalue weighted by atomic mass is 9.84. The Bertz CT molecular complexity index is 808. The van der Waals surface area contributed by atoms with Crippen LogP contribution in [-0.4, -0.2) is 32.3 Å². The van der Waals surface area contributed by atoms with Crippen LogP contribution < -0.4 is 4.74 Å². The second-order valence-corrected chi connectivity index (χ2v) is 10.6. The highest BCUT2D eigenvalue weighted by Gasteiger charge is 2.50. The van der Waals surface area contributed by atoms with Crippen molar-refractivity contribution in [2.45, 2.75) is 59.0 Å². The molecule has 2 fully saturated rings. The zero-order valence-electron chi connectivity index (χ0n) is 16.3. The van der Waals surface area contributed by atoms with Gasteiger partial charge in [-0.3, -0.25) is 4.79 Å². The number of fused-ring (bicyclic) bond motifs is 2. The third-order valence-electron chi connectivity index (χ3n) is 5.19. The molecule has 0 radical (unpaired) electrons. The van der Waals surface area contributed by atoms with Gasteiger partial charge in [-0.05, 0) is 37.7 Å². The van der Waals surface area contributed by atoms with Gasteiger partial charge in [-0.2, -0.15) is 0 Å². The Labute approximate surface area is 166 Å². The van der Waals surface area contributed by atoms with Crippen molar-refractivity contribution in [1.82, 2.24) is 0 Å². The Morgan fingerprint density at radius 2 is 2.00 bits per heavy atom. The molecule has 3 atom stereocenters. The van der Waals surface area contributed by atoms with Crippen LogP contribution in [0.25, 0.3) is 0 Å². The molecule has 0 aliphatic heterocycles. The van der Waals surface area contributed by atoms with Gasteiger partial charge < -0.3 is 4.74 Å². The summed E-state index contributed by atoms with van der Waals surface area (Å²) < 4.78 is 42.6. The van der Waals surface area contributed by atoms with E-state index in [1.54, 1.807) is 0 Å². The van der Waals surface area contributed by atoms with Gasteiger partial charge >= 0.3 is 0 Å². The molecule has 2 aliphatic carbocycles. The van der Waals surface area contributed by atoms with Crippen LogP contribution in [0.1, 0.15) is 63.2 Å². The molecule has 0 N–H and O–H groups in total. The molecular formula is C20H28ClFO4S. The summed E-state index contributed by atoms with van der Waals surface area (Å²) in [6.07, 6.45) is 6.51. The van der Waals surface area contributed by atoms with E-state index in [9.17, 15) is 17.6 Å². The molecule has 0 spiro atoms. The largest absolute Gasteiger partial charge is 0.488 e. The number of halogens is 2. The van der Waals surface area contributed by atoms with Crippen LogP contribution in [0.3, 0.4) is 0 Å². The Morgan fingerprint density at radius 3 is 2.48 bits per heavy atom. The molecule has 4 nitrogen and oxygen atoms in total. The van der Waals surface area contributed by atoms with E-state index in [2.05, 4.69) is 20.8 Å². The monoisotopic (exact) mass is 418 g/mol. The van der Waals surface area contributed by atoms with Crippen LogP contribution in [0.5, 0.6) is 5.75 Å². The summed E-state index contributed by atoms with van der Waals surface area (Å²) in [4.78, 5) is 11.9. The average molecular weight is 419 g/mol. The first-order valence-electron chi connectivity index (χ1n) is 9.35. The van der Waals surface area contributed by atoms with Crippen LogP contribution in [0.15, 0.2) is 12.1 Å². The van der Waals surface area contributed by atoms with Crippen molar-refractivity contribution in [1.29, 1.82) is 0 Å². The Morgan fingerprint density at radius 1 is 1.37 bits per heavy atom. The predicted octanol–water partition coefficient (Wildman–Crippen LogP) is 5.08. The van der Waals surface area contributed by atoms with E-state index in [-0.39, 0.29) is 27.9 Å². The van der Waals surface area contributed by atoms with Crippen molar-refractivity contribution < 1.29 is 22.3 Å². The van der Waals surface area contributed by atoms with Crippen molar-refractivity contribution in [3.05, 3.63) is 28.5 Å². The van der Waals surface area contributed by atoms with Gasteiger partial charge in [-0.15, -0.1) is 0 Å². The molecule has 1 aromatic carbocycles. The van der Waals surface area contributed by atoms with E-state index in [0.29, 0.717) is 5.92 Å². The van der Waals surface area contributed by atoms with Gasteiger partial charge in [0.15, 0.2) is 15.6 Å². The number of carbonyl (C=O) groups is 1. The van der Waals surface area contributed by atoms with Crippen LogP contribution in [-0.2, 0) is 9.84 Å². The molecule has 152 valence electrons. The lowest BCUT2D eigenvalue weighted by Crippen LogP contribution is -2.32. The minimum atomic E-state index is -3.53. The predicted molar refractivity (Wildman–Crippen MR) is 106 cm³/mol. The maximum atomic E-state index is 14.3.